The molecule has 124 valence electrons. The first-order valence-electron chi connectivity index (χ1n) is 7.43. The van der Waals surface area contributed by atoms with E-state index in [1.165, 1.54) is 28.6 Å². The van der Waals surface area contributed by atoms with E-state index < -0.39 is 0 Å². The van der Waals surface area contributed by atoms with Crippen molar-refractivity contribution in [2.75, 3.05) is 18.2 Å². The second kappa shape index (κ2) is 7.35. The van der Waals surface area contributed by atoms with Crippen LogP contribution < -0.4 is 10.6 Å². The van der Waals surface area contributed by atoms with Crippen LogP contribution in [0.1, 0.15) is 5.56 Å². The summed E-state index contributed by atoms with van der Waals surface area (Å²) in [6, 6.07) is 13.9. The monoisotopic (exact) mass is 344 g/mol. The highest BCUT2D eigenvalue weighted by atomic mass is 32.2. The van der Waals surface area contributed by atoms with Crippen LogP contribution in [0.3, 0.4) is 0 Å². The van der Waals surface area contributed by atoms with Crippen molar-refractivity contribution in [3.8, 4) is 17.1 Å². The van der Waals surface area contributed by atoms with Gasteiger partial charge in [0.05, 0.1) is 6.61 Å². The van der Waals surface area contributed by atoms with Crippen molar-refractivity contribution in [3.63, 3.8) is 0 Å². The Bertz CT molecular complexity index is 820. The lowest BCUT2D eigenvalue weighted by molar-refractivity contribution is 0.341. The van der Waals surface area contributed by atoms with Gasteiger partial charge in [0, 0.05) is 11.3 Å². The maximum Gasteiger partial charge on any atom is 0.210 e. The van der Waals surface area contributed by atoms with Gasteiger partial charge >= 0.3 is 0 Å². The Balaban J connectivity index is 1.58. The number of halogens is 1. The van der Waals surface area contributed by atoms with Crippen molar-refractivity contribution in [1.29, 1.82) is 0 Å². The maximum absolute atomic E-state index is 13.0. The number of para-hydroxylation sites is 1. The van der Waals surface area contributed by atoms with Crippen LogP contribution >= 0.6 is 11.8 Å². The van der Waals surface area contributed by atoms with E-state index in [1.807, 2.05) is 31.2 Å². The molecule has 0 bridgehead atoms. The van der Waals surface area contributed by atoms with Crippen LogP contribution in [0.5, 0.6) is 5.75 Å². The van der Waals surface area contributed by atoms with E-state index in [-0.39, 0.29) is 5.82 Å². The summed E-state index contributed by atoms with van der Waals surface area (Å²) in [6.45, 7) is 2.54. The summed E-state index contributed by atoms with van der Waals surface area (Å²) >= 11 is 1.46. The van der Waals surface area contributed by atoms with Crippen LogP contribution in [0.2, 0.25) is 0 Å². The molecule has 5 nitrogen and oxygen atoms in total. The smallest absolute Gasteiger partial charge is 0.210 e. The molecule has 0 atom stereocenters. The average Bonchev–Trinajstić information content (AvgIpc) is 2.95. The quantitative estimate of drug-likeness (QED) is 0.422. The number of hydrogen-bond donors (Lipinski definition) is 1. The Labute approximate surface area is 143 Å². The Kier molecular flexibility index (Phi) is 5.00. The highest BCUT2D eigenvalue weighted by molar-refractivity contribution is 7.99. The van der Waals surface area contributed by atoms with Crippen molar-refractivity contribution in [2.45, 2.75) is 12.1 Å². The lowest BCUT2D eigenvalue weighted by Crippen LogP contribution is -2.12. The van der Waals surface area contributed by atoms with Crippen molar-refractivity contribution in [3.05, 3.63) is 59.9 Å². The minimum absolute atomic E-state index is 0.301. The van der Waals surface area contributed by atoms with Crippen LogP contribution in [-0.2, 0) is 0 Å². The van der Waals surface area contributed by atoms with Gasteiger partial charge in [-0.2, -0.15) is 0 Å². The van der Waals surface area contributed by atoms with Gasteiger partial charge in [-0.05, 0) is 42.8 Å². The number of benzene rings is 2. The average molecular weight is 344 g/mol. The van der Waals surface area contributed by atoms with Gasteiger partial charge in [0.1, 0.15) is 11.6 Å². The van der Waals surface area contributed by atoms with Gasteiger partial charge in [0.25, 0.3) is 0 Å². The van der Waals surface area contributed by atoms with Gasteiger partial charge in [0.15, 0.2) is 5.82 Å². The van der Waals surface area contributed by atoms with Gasteiger partial charge < -0.3 is 10.6 Å². The zero-order chi connectivity index (χ0) is 16.9. The molecule has 0 amide bonds. The molecular weight excluding hydrogens is 327 g/mol. The molecule has 1 heterocycles. The number of rotatable bonds is 6. The SMILES string of the molecule is Cc1ccccc1OCCSc1nnc(-c2ccc(F)cc2)n1N. The normalized spacial score (nSPS) is 10.8. The zero-order valence-electron chi connectivity index (χ0n) is 13.1. The van der Waals surface area contributed by atoms with Gasteiger partial charge in [-0.3, -0.25) is 0 Å². The standard InChI is InChI=1S/C17H17FN4OS/c1-12-4-2-3-5-15(12)23-10-11-24-17-21-20-16(22(17)19)13-6-8-14(18)9-7-13/h2-9H,10-11,19H2,1H3. The molecule has 3 aromatic rings. The summed E-state index contributed by atoms with van der Waals surface area (Å²) in [7, 11) is 0. The second-order valence-corrected chi connectivity index (χ2v) is 6.21. The number of nitrogens with zero attached hydrogens (tertiary/aromatic N) is 3. The van der Waals surface area contributed by atoms with E-state index in [9.17, 15) is 4.39 Å². The van der Waals surface area contributed by atoms with Crippen LogP contribution in [-0.4, -0.2) is 27.2 Å². The fourth-order valence-corrected chi connectivity index (χ4v) is 2.85. The van der Waals surface area contributed by atoms with Gasteiger partial charge in [-0.25, -0.2) is 9.07 Å². The number of aryl methyl sites for hydroxylation is 1. The third-order valence-corrected chi connectivity index (χ3v) is 4.34. The predicted octanol–water partition coefficient (Wildman–Crippen LogP) is 3.28. The Morgan fingerprint density at radius 1 is 1.12 bits per heavy atom. The van der Waals surface area contributed by atoms with Crippen molar-refractivity contribution >= 4 is 11.8 Å². The molecule has 0 aliphatic carbocycles. The first kappa shape index (κ1) is 16.3. The Morgan fingerprint density at radius 3 is 2.62 bits per heavy atom. The van der Waals surface area contributed by atoms with E-state index in [0.29, 0.717) is 23.3 Å². The van der Waals surface area contributed by atoms with E-state index in [1.54, 1.807) is 12.1 Å². The number of nitrogen functional groups attached to an aromatic ring is 1. The molecule has 24 heavy (non-hydrogen) atoms. The number of ether oxygens (including phenoxy) is 1. The predicted molar refractivity (Wildman–Crippen MR) is 93.0 cm³/mol. The van der Waals surface area contributed by atoms with Gasteiger partial charge in [0.2, 0.25) is 5.16 Å². The van der Waals surface area contributed by atoms with Crippen LogP contribution in [0.25, 0.3) is 11.4 Å². The number of aromatic nitrogens is 3. The molecule has 7 heteroatoms. The highest BCUT2D eigenvalue weighted by Crippen LogP contribution is 2.22. The maximum atomic E-state index is 13.0. The Hall–Kier alpha value is -2.54. The third-order valence-electron chi connectivity index (χ3n) is 3.43. The summed E-state index contributed by atoms with van der Waals surface area (Å²) in [6.07, 6.45) is 0. The molecular formula is C17H17FN4OS. The molecule has 0 radical (unpaired) electrons. The van der Waals surface area contributed by atoms with E-state index in [2.05, 4.69) is 10.2 Å². The van der Waals surface area contributed by atoms with E-state index in [4.69, 9.17) is 10.6 Å². The van der Waals surface area contributed by atoms with Gasteiger partial charge in [-0.15, -0.1) is 10.2 Å². The number of hydrogen-bond acceptors (Lipinski definition) is 5. The minimum Gasteiger partial charge on any atom is -0.492 e. The summed E-state index contributed by atoms with van der Waals surface area (Å²) in [5, 5.41) is 8.73. The second-order valence-electron chi connectivity index (χ2n) is 5.15. The molecule has 0 unspecified atom stereocenters. The molecule has 2 N–H and O–H groups in total. The van der Waals surface area contributed by atoms with Crippen molar-refractivity contribution in [2.24, 2.45) is 0 Å². The van der Waals surface area contributed by atoms with Crippen LogP contribution in [0, 0.1) is 12.7 Å². The zero-order valence-corrected chi connectivity index (χ0v) is 14.0. The summed E-state index contributed by atoms with van der Waals surface area (Å²) < 4.78 is 20.1. The van der Waals surface area contributed by atoms with Crippen molar-refractivity contribution in [1.82, 2.24) is 14.9 Å². The molecule has 1 aromatic heterocycles. The minimum atomic E-state index is -0.301. The van der Waals surface area contributed by atoms with Crippen LogP contribution in [0.4, 0.5) is 4.39 Å². The third kappa shape index (κ3) is 3.68. The molecule has 3 rings (SSSR count). The van der Waals surface area contributed by atoms with E-state index >= 15 is 0 Å². The summed E-state index contributed by atoms with van der Waals surface area (Å²) in [4.78, 5) is 0. The van der Waals surface area contributed by atoms with E-state index in [0.717, 1.165) is 16.9 Å². The van der Waals surface area contributed by atoms with Crippen LogP contribution in [0.15, 0.2) is 53.7 Å². The number of thioether (sulfide) groups is 1. The first-order chi connectivity index (χ1) is 11.6. The lowest BCUT2D eigenvalue weighted by Gasteiger charge is -2.08. The Morgan fingerprint density at radius 2 is 1.88 bits per heavy atom. The molecule has 0 fully saturated rings. The molecule has 0 saturated heterocycles. The summed E-state index contributed by atoms with van der Waals surface area (Å²) in [5.41, 5.74) is 1.82. The molecule has 2 aromatic carbocycles. The fraction of sp³-hybridized carbons (Fsp3) is 0.176. The largest absolute Gasteiger partial charge is 0.492 e. The first-order valence-corrected chi connectivity index (χ1v) is 8.41. The highest BCUT2D eigenvalue weighted by Gasteiger charge is 2.12. The summed E-state index contributed by atoms with van der Waals surface area (Å²) in [5.74, 6) is 7.79. The molecule has 0 spiro atoms. The topological polar surface area (TPSA) is 66.0 Å². The lowest BCUT2D eigenvalue weighted by atomic mass is 10.2. The van der Waals surface area contributed by atoms with Crippen molar-refractivity contribution < 1.29 is 9.13 Å². The van der Waals surface area contributed by atoms with Gasteiger partial charge in [-0.1, -0.05) is 30.0 Å². The number of nitrogens with two attached hydrogens (primary N) is 1. The fourth-order valence-electron chi connectivity index (χ4n) is 2.17. The molecule has 0 aliphatic heterocycles. The molecule has 0 aliphatic rings. The molecule has 0 saturated carbocycles.